The molecule has 0 atom stereocenters. The topological polar surface area (TPSA) is 66.9 Å². The van der Waals surface area contributed by atoms with Crippen molar-refractivity contribution in [1.82, 2.24) is 14.9 Å². The number of amides is 1. The molecule has 0 unspecified atom stereocenters. The monoisotopic (exact) mass is 347 g/mol. The fourth-order valence-corrected chi connectivity index (χ4v) is 2.64. The number of hydrogen-bond donors (Lipinski definition) is 2. The molecule has 1 heterocycles. The average molecular weight is 348 g/mol. The maximum Gasteiger partial charge on any atom is 0.326 e. The summed E-state index contributed by atoms with van der Waals surface area (Å²) in [6.45, 7) is 0.605. The van der Waals surface area contributed by atoms with Crippen LogP contribution in [0.4, 0.5) is 4.39 Å². The number of aromatic nitrogens is 2. The Morgan fingerprint density at radius 2 is 1.96 bits per heavy atom. The fraction of sp³-hybridized carbons (Fsp3) is 0.176. The molecule has 3 rings (SSSR count). The predicted molar refractivity (Wildman–Crippen MR) is 90.7 cm³/mol. The van der Waals surface area contributed by atoms with Gasteiger partial charge in [-0.05, 0) is 35.9 Å². The van der Waals surface area contributed by atoms with Gasteiger partial charge in [-0.3, -0.25) is 9.36 Å². The van der Waals surface area contributed by atoms with Gasteiger partial charge in [0.05, 0.1) is 17.5 Å². The number of fused-ring (bicyclic) bond motifs is 1. The summed E-state index contributed by atoms with van der Waals surface area (Å²) in [6.07, 6.45) is 0.241. The van der Waals surface area contributed by atoms with Gasteiger partial charge in [-0.1, -0.05) is 23.7 Å². The second-order valence-electron chi connectivity index (χ2n) is 5.40. The molecular formula is C17H15ClFN3O2. The van der Waals surface area contributed by atoms with Crippen molar-refractivity contribution in [3.8, 4) is 0 Å². The van der Waals surface area contributed by atoms with Gasteiger partial charge >= 0.3 is 5.69 Å². The van der Waals surface area contributed by atoms with E-state index in [1.807, 2.05) is 0 Å². The molecule has 24 heavy (non-hydrogen) atoms. The van der Waals surface area contributed by atoms with E-state index in [4.69, 9.17) is 11.6 Å². The van der Waals surface area contributed by atoms with Crippen LogP contribution < -0.4 is 11.0 Å². The van der Waals surface area contributed by atoms with Gasteiger partial charge in [0.25, 0.3) is 0 Å². The number of nitrogens with one attached hydrogen (secondary N) is 2. The van der Waals surface area contributed by atoms with Crippen LogP contribution in [-0.2, 0) is 17.8 Å². The Hall–Kier alpha value is -2.60. The minimum Gasteiger partial charge on any atom is -0.354 e. The molecule has 2 N–H and O–H groups in total. The van der Waals surface area contributed by atoms with Crippen LogP contribution in [0.2, 0.25) is 5.02 Å². The molecule has 3 aromatic rings. The number of H-pyrrole nitrogens is 1. The Kier molecular flexibility index (Phi) is 4.66. The smallest absolute Gasteiger partial charge is 0.326 e. The molecule has 0 aliphatic heterocycles. The van der Waals surface area contributed by atoms with Crippen molar-refractivity contribution in [1.29, 1.82) is 0 Å². The lowest BCUT2D eigenvalue weighted by molar-refractivity contribution is -0.120. The number of carbonyl (C=O) groups is 1. The summed E-state index contributed by atoms with van der Waals surface area (Å²) < 4.78 is 14.6. The number of benzene rings is 2. The first-order valence-electron chi connectivity index (χ1n) is 7.42. The first-order chi connectivity index (χ1) is 11.5. The summed E-state index contributed by atoms with van der Waals surface area (Å²) >= 11 is 5.80. The van der Waals surface area contributed by atoms with Crippen LogP contribution in [-0.4, -0.2) is 22.0 Å². The summed E-state index contributed by atoms with van der Waals surface area (Å²) in [6, 6.07) is 11.2. The van der Waals surface area contributed by atoms with Crippen molar-refractivity contribution in [2.45, 2.75) is 13.0 Å². The van der Waals surface area contributed by atoms with E-state index >= 15 is 0 Å². The van der Waals surface area contributed by atoms with Crippen molar-refractivity contribution in [2.24, 2.45) is 0 Å². The molecule has 0 spiro atoms. The summed E-state index contributed by atoms with van der Waals surface area (Å²) in [5.74, 6) is -0.552. The molecule has 0 fully saturated rings. The van der Waals surface area contributed by atoms with Crippen molar-refractivity contribution in [3.05, 3.63) is 69.4 Å². The highest BCUT2D eigenvalue weighted by molar-refractivity contribution is 6.30. The quantitative estimate of drug-likeness (QED) is 0.744. The molecule has 0 radical (unpaired) electrons. The molecule has 0 aliphatic rings. The normalized spacial score (nSPS) is 10.9. The molecule has 1 aromatic heterocycles. The fourth-order valence-electron chi connectivity index (χ4n) is 2.52. The van der Waals surface area contributed by atoms with E-state index in [2.05, 4.69) is 10.3 Å². The average Bonchev–Trinajstić information content (AvgIpc) is 2.84. The summed E-state index contributed by atoms with van der Waals surface area (Å²) in [5.41, 5.74) is 1.57. The number of nitrogens with zero attached hydrogens (tertiary/aromatic N) is 1. The Bertz CT molecular complexity index is 931. The summed E-state index contributed by atoms with van der Waals surface area (Å²) in [7, 11) is 0. The maximum atomic E-state index is 13.2. The Morgan fingerprint density at radius 3 is 2.71 bits per heavy atom. The number of carbonyl (C=O) groups excluding carboxylic acids is 1. The van der Waals surface area contributed by atoms with Gasteiger partial charge in [0.15, 0.2) is 0 Å². The van der Waals surface area contributed by atoms with Gasteiger partial charge in [-0.25, -0.2) is 9.18 Å². The van der Waals surface area contributed by atoms with Crippen LogP contribution in [0.15, 0.2) is 47.3 Å². The van der Waals surface area contributed by atoms with Crippen LogP contribution in [0, 0.1) is 5.82 Å². The van der Waals surface area contributed by atoms with Gasteiger partial charge in [0.1, 0.15) is 5.82 Å². The van der Waals surface area contributed by atoms with Crippen LogP contribution >= 0.6 is 11.6 Å². The highest BCUT2D eigenvalue weighted by Crippen LogP contribution is 2.12. The lowest BCUT2D eigenvalue weighted by atomic mass is 10.1. The second-order valence-corrected chi connectivity index (χ2v) is 5.83. The zero-order valence-electron chi connectivity index (χ0n) is 12.7. The Morgan fingerprint density at radius 1 is 1.21 bits per heavy atom. The molecule has 2 aromatic carbocycles. The molecule has 124 valence electrons. The van der Waals surface area contributed by atoms with E-state index in [0.29, 0.717) is 29.1 Å². The van der Waals surface area contributed by atoms with Crippen LogP contribution in [0.5, 0.6) is 0 Å². The van der Waals surface area contributed by atoms with Gasteiger partial charge < -0.3 is 10.3 Å². The zero-order valence-corrected chi connectivity index (χ0v) is 13.4. The van der Waals surface area contributed by atoms with E-state index in [1.54, 1.807) is 24.3 Å². The van der Waals surface area contributed by atoms with E-state index < -0.39 is 5.82 Å². The predicted octanol–water partition coefficient (Wildman–Crippen LogP) is 2.48. The highest BCUT2D eigenvalue weighted by Gasteiger charge is 2.08. The number of halogens is 2. The summed E-state index contributed by atoms with van der Waals surface area (Å²) in [4.78, 5) is 26.4. The van der Waals surface area contributed by atoms with Crippen LogP contribution in [0.1, 0.15) is 5.56 Å². The van der Waals surface area contributed by atoms with Crippen LogP contribution in [0.3, 0.4) is 0 Å². The van der Waals surface area contributed by atoms with Crippen molar-refractivity contribution < 1.29 is 9.18 Å². The SMILES string of the molecule is O=C(Cc1ccc(Cl)cc1)NCCn1c(=O)[nH]c2cc(F)ccc21. The molecule has 0 aliphatic carbocycles. The minimum atomic E-state index is -0.410. The van der Waals surface area contributed by atoms with Gasteiger partial charge in [0.2, 0.25) is 5.91 Å². The molecule has 0 bridgehead atoms. The van der Waals surface area contributed by atoms with Crippen molar-refractivity contribution >= 4 is 28.5 Å². The second kappa shape index (κ2) is 6.88. The van der Waals surface area contributed by atoms with E-state index in [-0.39, 0.29) is 18.0 Å². The van der Waals surface area contributed by atoms with E-state index in [1.165, 1.54) is 22.8 Å². The van der Waals surface area contributed by atoms with Gasteiger partial charge in [-0.2, -0.15) is 0 Å². The van der Waals surface area contributed by atoms with E-state index in [9.17, 15) is 14.0 Å². The molecular weight excluding hydrogens is 333 g/mol. The molecule has 1 amide bonds. The number of aromatic amines is 1. The van der Waals surface area contributed by atoms with Gasteiger partial charge in [0, 0.05) is 18.1 Å². The molecule has 7 heteroatoms. The molecule has 0 saturated carbocycles. The minimum absolute atomic E-state index is 0.142. The third-order valence-corrected chi connectivity index (χ3v) is 3.92. The first kappa shape index (κ1) is 16.3. The van der Waals surface area contributed by atoms with E-state index in [0.717, 1.165) is 5.56 Å². The van der Waals surface area contributed by atoms with Crippen LogP contribution in [0.25, 0.3) is 11.0 Å². The number of imidazole rings is 1. The lowest BCUT2D eigenvalue weighted by Gasteiger charge is -2.07. The summed E-state index contributed by atoms with van der Waals surface area (Å²) in [5, 5.41) is 3.39. The maximum absolute atomic E-state index is 13.2. The Balaban J connectivity index is 1.60. The highest BCUT2D eigenvalue weighted by atomic mass is 35.5. The van der Waals surface area contributed by atoms with Crippen molar-refractivity contribution in [2.75, 3.05) is 6.54 Å². The zero-order chi connectivity index (χ0) is 17.1. The van der Waals surface area contributed by atoms with Gasteiger partial charge in [-0.15, -0.1) is 0 Å². The van der Waals surface area contributed by atoms with Crippen molar-refractivity contribution in [3.63, 3.8) is 0 Å². The lowest BCUT2D eigenvalue weighted by Crippen LogP contribution is -2.31. The largest absolute Gasteiger partial charge is 0.354 e. The first-order valence-corrected chi connectivity index (χ1v) is 7.80. The molecule has 5 nitrogen and oxygen atoms in total. The molecule has 0 saturated heterocycles. The third kappa shape index (κ3) is 3.65. The number of hydrogen-bond acceptors (Lipinski definition) is 2. The third-order valence-electron chi connectivity index (χ3n) is 3.67. The number of rotatable bonds is 5. The Labute approximate surface area is 142 Å². The standard InChI is InChI=1S/C17H15ClFN3O2/c18-12-3-1-11(2-4-12)9-16(23)20-7-8-22-15-6-5-13(19)10-14(15)21-17(22)24/h1-6,10H,7-9H2,(H,20,23)(H,21,24).